The second kappa shape index (κ2) is 9.78. The van der Waals surface area contributed by atoms with E-state index in [9.17, 15) is 14.0 Å². The molecule has 0 radical (unpaired) electrons. The summed E-state index contributed by atoms with van der Waals surface area (Å²) in [5.41, 5.74) is 5.51. The largest absolute Gasteiger partial charge is 0.443 e. The van der Waals surface area contributed by atoms with Crippen molar-refractivity contribution in [2.45, 2.75) is 45.3 Å². The Morgan fingerprint density at radius 2 is 2.16 bits per heavy atom. The van der Waals surface area contributed by atoms with Gasteiger partial charge in [0.25, 0.3) is 5.91 Å². The highest BCUT2D eigenvalue weighted by Gasteiger charge is 2.32. The first kappa shape index (κ1) is 23.9. The third kappa shape index (κ3) is 5.71. The van der Waals surface area contributed by atoms with Crippen molar-refractivity contribution in [1.82, 2.24) is 15.3 Å². The Morgan fingerprint density at radius 1 is 1.41 bits per heavy atom. The third-order valence-corrected chi connectivity index (χ3v) is 5.27. The molecule has 32 heavy (non-hydrogen) atoms. The molecule has 1 fully saturated rings. The molecule has 0 saturated carbocycles. The number of ether oxygens (including phenoxy) is 1. The maximum Gasteiger partial charge on any atom is 0.415 e. The predicted octanol–water partition coefficient (Wildman–Crippen LogP) is 3.71. The van der Waals surface area contributed by atoms with Crippen LogP contribution in [0.4, 0.5) is 26.2 Å². The number of halogens is 2. The second-order valence-corrected chi connectivity index (χ2v) is 9.15. The van der Waals surface area contributed by atoms with E-state index >= 15 is 0 Å². The van der Waals surface area contributed by atoms with E-state index in [2.05, 4.69) is 36.5 Å². The molecule has 1 aliphatic heterocycles. The summed E-state index contributed by atoms with van der Waals surface area (Å²) in [6.07, 6.45) is 4.08. The maximum absolute atomic E-state index is 13.7. The summed E-state index contributed by atoms with van der Waals surface area (Å²) in [7, 11) is 0. The van der Waals surface area contributed by atoms with Crippen molar-refractivity contribution in [3.8, 4) is 0 Å². The van der Waals surface area contributed by atoms with Crippen LogP contribution in [0, 0.1) is 5.82 Å². The summed E-state index contributed by atoms with van der Waals surface area (Å²) < 4.78 is 19.2. The van der Waals surface area contributed by atoms with E-state index in [1.807, 2.05) is 0 Å². The molecule has 1 saturated heterocycles. The molecule has 0 aliphatic carbocycles. The number of nitrogens with two attached hydrogens (primary N) is 1. The highest BCUT2D eigenvalue weighted by Crippen LogP contribution is 2.31. The summed E-state index contributed by atoms with van der Waals surface area (Å²) in [5, 5.41) is 5.98. The van der Waals surface area contributed by atoms with Gasteiger partial charge in [-0.05, 0) is 62.2 Å². The van der Waals surface area contributed by atoms with E-state index in [0.717, 1.165) is 25.5 Å². The molecule has 0 spiro atoms. The molecule has 0 aromatic carbocycles. The Morgan fingerprint density at radius 3 is 2.81 bits per heavy atom. The van der Waals surface area contributed by atoms with Crippen LogP contribution in [-0.4, -0.2) is 46.7 Å². The van der Waals surface area contributed by atoms with Crippen molar-refractivity contribution in [2.75, 3.05) is 29.0 Å². The number of nitrogens with one attached hydrogen (secondary N) is 2. The minimum Gasteiger partial charge on any atom is -0.443 e. The Bertz CT molecular complexity index is 1010. The minimum atomic E-state index is -0.702. The fraction of sp³-hybridized carbons (Fsp3) is 0.429. The molecular formula is C21H26BrFN6O3. The molecule has 9 nitrogen and oxygen atoms in total. The molecular weight excluding hydrogens is 483 g/mol. The van der Waals surface area contributed by atoms with Crippen LogP contribution < -0.4 is 21.3 Å². The average Bonchev–Trinajstić information content (AvgIpc) is 2.71. The average molecular weight is 509 g/mol. The normalized spacial score (nSPS) is 16.3. The SMILES string of the molecule is CC(C)(C)OC(=O)N(c1ccncc1NC(=O)c1nc(Br)c(F)cc1N)[C@H]1CCCNC1. The van der Waals surface area contributed by atoms with Crippen molar-refractivity contribution >= 4 is 45.0 Å². The molecule has 11 heteroatoms. The number of anilines is 3. The summed E-state index contributed by atoms with van der Waals surface area (Å²) in [4.78, 5) is 35.5. The number of piperidine rings is 1. The summed E-state index contributed by atoms with van der Waals surface area (Å²) in [6, 6.07) is 2.46. The smallest absolute Gasteiger partial charge is 0.415 e. The number of hydrogen-bond acceptors (Lipinski definition) is 7. The van der Waals surface area contributed by atoms with Crippen molar-refractivity contribution in [3.05, 3.63) is 40.6 Å². The van der Waals surface area contributed by atoms with Crippen LogP contribution in [-0.2, 0) is 4.74 Å². The molecule has 1 atom stereocenters. The quantitative estimate of drug-likeness (QED) is 0.537. The number of rotatable bonds is 4. The summed E-state index contributed by atoms with van der Waals surface area (Å²) in [5.74, 6) is -1.34. The molecule has 2 aromatic heterocycles. The molecule has 1 aliphatic rings. The monoisotopic (exact) mass is 508 g/mol. The van der Waals surface area contributed by atoms with Crippen molar-refractivity contribution < 1.29 is 18.7 Å². The Balaban J connectivity index is 1.96. The number of nitrogens with zero attached hydrogens (tertiary/aromatic N) is 3. The third-order valence-electron chi connectivity index (χ3n) is 4.71. The van der Waals surface area contributed by atoms with Gasteiger partial charge in [-0.3, -0.25) is 14.7 Å². The number of hydrogen-bond donors (Lipinski definition) is 3. The van der Waals surface area contributed by atoms with E-state index in [1.54, 1.807) is 26.8 Å². The van der Waals surface area contributed by atoms with Gasteiger partial charge in [0.2, 0.25) is 0 Å². The van der Waals surface area contributed by atoms with Gasteiger partial charge < -0.3 is 21.1 Å². The first-order valence-corrected chi connectivity index (χ1v) is 11.0. The molecule has 172 valence electrons. The van der Waals surface area contributed by atoms with Crippen LogP contribution in [0.15, 0.2) is 29.1 Å². The Labute approximate surface area is 194 Å². The molecule has 0 unspecified atom stereocenters. The van der Waals surface area contributed by atoms with Gasteiger partial charge in [-0.1, -0.05) is 0 Å². The first-order chi connectivity index (χ1) is 15.1. The van der Waals surface area contributed by atoms with Crippen LogP contribution in [0.3, 0.4) is 0 Å². The number of pyridine rings is 2. The van der Waals surface area contributed by atoms with E-state index in [-0.39, 0.29) is 27.7 Å². The molecule has 4 N–H and O–H groups in total. The zero-order valence-electron chi connectivity index (χ0n) is 18.1. The zero-order chi connectivity index (χ0) is 23.5. The second-order valence-electron chi connectivity index (χ2n) is 8.40. The van der Waals surface area contributed by atoms with E-state index in [1.165, 1.54) is 17.3 Å². The fourth-order valence-corrected chi connectivity index (χ4v) is 3.64. The molecule has 3 rings (SSSR count). The van der Waals surface area contributed by atoms with Gasteiger partial charge in [0.15, 0.2) is 11.5 Å². The Hall–Kier alpha value is -2.79. The predicted molar refractivity (Wildman–Crippen MR) is 123 cm³/mol. The summed E-state index contributed by atoms with van der Waals surface area (Å²) >= 11 is 2.96. The lowest BCUT2D eigenvalue weighted by molar-refractivity contribution is 0.0560. The maximum atomic E-state index is 13.7. The molecule has 2 aromatic rings. The van der Waals surface area contributed by atoms with Gasteiger partial charge in [-0.15, -0.1) is 0 Å². The zero-order valence-corrected chi connectivity index (χ0v) is 19.7. The van der Waals surface area contributed by atoms with Crippen LogP contribution in [0.5, 0.6) is 0 Å². The van der Waals surface area contributed by atoms with Gasteiger partial charge in [0.05, 0.1) is 29.3 Å². The lowest BCUT2D eigenvalue weighted by Crippen LogP contribution is -2.50. The highest BCUT2D eigenvalue weighted by molar-refractivity contribution is 9.10. The number of carbonyl (C=O) groups excluding carboxylic acids is 2. The lowest BCUT2D eigenvalue weighted by atomic mass is 10.1. The van der Waals surface area contributed by atoms with Crippen molar-refractivity contribution in [3.63, 3.8) is 0 Å². The topological polar surface area (TPSA) is 122 Å². The Kier molecular flexibility index (Phi) is 7.29. The highest BCUT2D eigenvalue weighted by atomic mass is 79.9. The molecule has 3 heterocycles. The van der Waals surface area contributed by atoms with Gasteiger partial charge >= 0.3 is 6.09 Å². The number of nitrogen functional groups attached to an aromatic ring is 1. The number of aromatic nitrogens is 2. The number of amides is 2. The fourth-order valence-electron chi connectivity index (χ4n) is 3.35. The van der Waals surface area contributed by atoms with Crippen molar-refractivity contribution in [2.24, 2.45) is 0 Å². The van der Waals surface area contributed by atoms with Gasteiger partial charge in [-0.2, -0.15) is 0 Å². The lowest BCUT2D eigenvalue weighted by Gasteiger charge is -2.36. The first-order valence-electron chi connectivity index (χ1n) is 10.2. The van der Waals surface area contributed by atoms with Crippen LogP contribution in [0.1, 0.15) is 44.1 Å². The van der Waals surface area contributed by atoms with E-state index < -0.39 is 23.4 Å². The van der Waals surface area contributed by atoms with E-state index in [4.69, 9.17) is 10.5 Å². The minimum absolute atomic E-state index is 0.117. The van der Waals surface area contributed by atoms with Crippen LogP contribution >= 0.6 is 15.9 Å². The van der Waals surface area contributed by atoms with Crippen LogP contribution in [0.25, 0.3) is 0 Å². The van der Waals surface area contributed by atoms with Gasteiger partial charge in [0, 0.05) is 18.8 Å². The molecule has 2 amide bonds. The van der Waals surface area contributed by atoms with Gasteiger partial charge in [0.1, 0.15) is 10.2 Å². The summed E-state index contributed by atoms with van der Waals surface area (Å²) in [6.45, 7) is 6.81. The van der Waals surface area contributed by atoms with Crippen molar-refractivity contribution in [1.29, 1.82) is 0 Å². The van der Waals surface area contributed by atoms with Gasteiger partial charge in [-0.25, -0.2) is 14.2 Å². The van der Waals surface area contributed by atoms with E-state index in [0.29, 0.717) is 12.2 Å². The molecule has 0 bridgehead atoms. The standard InChI is InChI=1S/C21H26BrFN6O3/c1-21(2,3)32-20(31)29(12-5-4-7-25-10-12)16-6-8-26-11-15(16)27-19(30)17-14(24)9-13(23)18(22)28-17/h6,8-9,11-12,25H,4-5,7,10,24H2,1-3H3,(H,27,30)/t12-/m0/s1. The number of carbonyl (C=O) groups is 2. The van der Waals surface area contributed by atoms with Crippen LogP contribution in [0.2, 0.25) is 0 Å².